The Labute approximate surface area is 135 Å². The average molecular weight is 371 g/mol. The minimum Gasteiger partial charge on any atom is -0.495 e. The molecule has 0 fully saturated rings. The number of ether oxygens (including phenoxy) is 3. The van der Waals surface area contributed by atoms with Crippen LogP contribution in [0.15, 0.2) is 22.0 Å². The number of methoxy groups -OCH3 is 3. The zero-order chi connectivity index (χ0) is 15.6. The molecule has 2 aromatic rings. The SMILES string of the molecule is COC(=O)c1scc(C)c1-c1ccc(OC)c(Br)c1OC. The Morgan fingerprint density at radius 1 is 1.19 bits per heavy atom. The molecule has 4 nitrogen and oxygen atoms in total. The van der Waals surface area contributed by atoms with Crippen molar-refractivity contribution in [3.8, 4) is 22.6 Å². The summed E-state index contributed by atoms with van der Waals surface area (Å²) in [5.41, 5.74) is 2.65. The maximum absolute atomic E-state index is 11.9. The molecule has 0 unspecified atom stereocenters. The summed E-state index contributed by atoms with van der Waals surface area (Å²) in [4.78, 5) is 12.5. The first-order valence-electron chi connectivity index (χ1n) is 6.12. The smallest absolute Gasteiger partial charge is 0.348 e. The van der Waals surface area contributed by atoms with Crippen LogP contribution < -0.4 is 9.47 Å². The lowest BCUT2D eigenvalue weighted by Gasteiger charge is -2.14. The molecule has 0 saturated carbocycles. The number of rotatable bonds is 4. The molecule has 0 N–H and O–H groups in total. The summed E-state index contributed by atoms with van der Waals surface area (Å²) >= 11 is 4.84. The second kappa shape index (κ2) is 6.49. The van der Waals surface area contributed by atoms with Crippen LogP contribution in [-0.2, 0) is 4.74 Å². The second-order valence-corrected chi connectivity index (χ2v) is 5.95. The van der Waals surface area contributed by atoms with E-state index in [0.717, 1.165) is 16.7 Å². The molecule has 1 aromatic carbocycles. The van der Waals surface area contributed by atoms with E-state index in [1.807, 2.05) is 24.4 Å². The van der Waals surface area contributed by atoms with Crippen LogP contribution in [0.2, 0.25) is 0 Å². The van der Waals surface area contributed by atoms with Gasteiger partial charge in [0.25, 0.3) is 0 Å². The van der Waals surface area contributed by atoms with Crippen molar-refractivity contribution in [1.82, 2.24) is 0 Å². The van der Waals surface area contributed by atoms with E-state index in [1.165, 1.54) is 18.4 Å². The molecule has 0 spiro atoms. The third-order valence-corrected chi connectivity index (χ3v) is 4.93. The molecule has 0 aliphatic carbocycles. The molecule has 0 bridgehead atoms. The average Bonchev–Trinajstić information content (AvgIpc) is 2.87. The van der Waals surface area contributed by atoms with Crippen LogP contribution in [0, 0.1) is 6.92 Å². The molecule has 0 atom stereocenters. The van der Waals surface area contributed by atoms with E-state index in [9.17, 15) is 4.79 Å². The topological polar surface area (TPSA) is 44.8 Å². The first kappa shape index (κ1) is 15.9. The van der Waals surface area contributed by atoms with Gasteiger partial charge in [-0.3, -0.25) is 0 Å². The standard InChI is InChI=1S/C15H15BrO4S/c1-8-7-21-14(15(17)20-4)11(8)9-5-6-10(18-2)12(16)13(9)19-3/h5-7H,1-4H3. The van der Waals surface area contributed by atoms with Crippen LogP contribution in [0.4, 0.5) is 0 Å². The number of esters is 1. The number of hydrogen-bond acceptors (Lipinski definition) is 5. The lowest BCUT2D eigenvalue weighted by atomic mass is 10.0. The summed E-state index contributed by atoms with van der Waals surface area (Å²) in [5, 5.41) is 1.93. The fourth-order valence-electron chi connectivity index (χ4n) is 2.11. The fraction of sp³-hybridized carbons (Fsp3) is 0.267. The number of benzene rings is 1. The van der Waals surface area contributed by atoms with E-state index >= 15 is 0 Å². The Balaban J connectivity index is 2.70. The van der Waals surface area contributed by atoms with E-state index in [2.05, 4.69) is 15.9 Å². The van der Waals surface area contributed by atoms with Crippen LogP contribution in [0.1, 0.15) is 15.2 Å². The van der Waals surface area contributed by atoms with Gasteiger partial charge >= 0.3 is 5.97 Å². The Morgan fingerprint density at radius 2 is 1.90 bits per heavy atom. The lowest BCUT2D eigenvalue weighted by molar-refractivity contribution is 0.0607. The van der Waals surface area contributed by atoms with Crippen molar-refractivity contribution < 1.29 is 19.0 Å². The predicted octanol–water partition coefficient (Wildman–Crippen LogP) is 4.29. The first-order chi connectivity index (χ1) is 10.0. The van der Waals surface area contributed by atoms with Gasteiger partial charge in [0, 0.05) is 11.1 Å². The van der Waals surface area contributed by atoms with Gasteiger partial charge in [-0.05, 0) is 45.9 Å². The van der Waals surface area contributed by atoms with Gasteiger partial charge in [0.2, 0.25) is 0 Å². The monoisotopic (exact) mass is 370 g/mol. The quantitative estimate of drug-likeness (QED) is 0.753. The van der Waals surface area contributed by atoms with E-state index in [1.54, 1.807) is 14.2 Å². The Hall–Kier alpha value is -1.53. The Bertz CT molecular complexity index is 679. The van der Waals surface area contributed by atoms with E-state index in [0.29, 0.717) is 20.8 Å². The van der Waals surface area contributed by atoms with Crippen molar-refractivity contribution in [2.75, 3.05) is 21.3 Å². The summed E-state index contributed by atoms with van der Waals surface area (Å²) in [6, 6.07) is 3.71. The minimum absolute atomic E-state index is 0.350. The maximum atomic E-state index is 11.9. The normalized spacial score (nSPS) is 10.3. The molecular weight excluding hydrogens is 356 g/mol. The van der Waals surface area contributed by atoms with E-state index in [-0.39, 0.29) is 5.97 Å². The van der Waals surface area contributed by atoms with Crippen molar-refractivity contribution in [2.45, 2.75) is 6.92 Å². The largest absolute Gasteiger partial charge is 0.495 e. The maximum Gasteiger partial charge on any atom is 0.348 e. The number of carbonyl (C=O) groups excluding carboxylic acids is 1. The van der Waals surface area contributed by atoms with Crippen LogP contribution in [0.3, 0.4) is 0 Å². The molecule has 112 valence electrons. The summed E-state index contributed by atoms with van der Waals surface area (Å²) in [7, 11) is 4.56. The number of halogens is 1. The summed E-state index contributed by atoms with van der Waals surface area (Å²) in [6.45, 7) is 1.95. The molecule has 0 radical (unpaired) electrons. The van der Waals surface area contributed by atoms with Crippen LogP contribution >= 0.6 is 27.3 Å². The highest BCUT2D eigenvalue weighted by Crippen LogP contribution is 2.45. The number of hydrogen-bond donors (Lipinski definition) is 0. The summed E-state index contributed by atoms with van der Waals surface area (Å²) in [5.74, 6) is 0.946. The van der Waals surface area contributed by atoms with Gasteiger partial charge < -0.3 is 14.2 Å². The van der Waals surface area contributed by atoms with Gasteiger partial charge in [-0.2, -0.15) is 0 Å². The van der Waals surface area contributed by atoms with Gasteiger partial charge in [0.05, 0.1) is 21.3 Å². The second-order valence-electron chi connectivity index (χ2n) is 4.28. The number of thiophene rings is 1. The van der Waals surface area contributed by atoms with Crippen LogP contribution in [0.5, 0.6) is 11.5 Å². The molecule has 0 amide bonds. The highest BCUT2D eigenvalue weighted by molar-refractivity contribution is 9.10. The molecule has 0 aliphatic heterocycles. The highest BCUT2D eigenvalue weighted by atomic mass is 79.9. The van der Waals surface area contributed by atoms with Crippen molar-refractivity contribution >= 4 is 33.2 Å². The molecule has 1 heterocycles. The number of carbonyl (C=O) groups is 1. The Morgan fingerprint density at radius 3 is 2.48 bits per heavy atom. The van der Waals surface area contributed by atoms with Crippen molar-refractivity contribution in [3.05, 3.63) is 32.4 Å². The van der Waals surface area contributed by atoms with E-state index < -0.39 is 0 Å². The van der Waals surface area contributed by atoms with Gasteiger partial charge in [0.1, 0.15) is 20.8 Å². The zero-order valence-electron chi connectivity index (χ0n) is 12.2. The zero-order valence-corrected chi connectivity index (χ0v) is 14.6. The van der Waals surface area contributed by atoms with Crippen LogP contribution in [-0.4, -0.2) is 27.3 Å². The molecule has 0 aliphatic rings. The Kier molecular flexibility index (Phi) is 4.90. The summed E-state index contributed by atoms with van der Waals surface area (Å²) in [6.07, 6.45) is 0. The molecule has 1 aromatic heterocycles. The van der Waals surface area contributed by atoms with Gasteiger partial charge in [-0.15, -0.1) is 11.3 Å². The van der Waals surface area contributed by atoms with Crippen molar-refractivity contribution in [1.29, 1.82) is 0 Å². The predicted molar refractivity (Wildman–Crippen MR) is 86.6 cm³/mol. The molecule has 0 saturated heterocycles. The van der Waals surface area contributed by atoms with Crippen molar-refractivity contribution in [3.63, 3.8) is 0 Å². The fourth-order valence-corrected chi connectivity index (χ4v) is 3.76. The molecular formula is C15H15BrO4S. The minimum atomic E-state index is -0.350. The number of aryl methyl sites for hydroxylation is 1. The van der Waals surface area contributed by atoms with Gasteiger partial charge in [-0.25, -0.2) is 4.79 Å². The van der Waals surface area contributed by atoms with Crippen molar-refractivity contribution in [2.24, 2.45) is 0 Å². The third-order valence-electron chi connectivity index (χ3n) is 3.10. The first-order valence-corrected chi connectivity index (χ1v) is 7.79. The molecule has 2 rings (SSSR count). The third kappa shape index (κ3) is 2.78. The van der Waals surface area contributed by atoms with E-state index in [4.69, 9.17) is 14.2 Å². The summed E-state index contributed by atoms with van der Waals surface area (Å²) < 4.78 is 16.3. The van der Waals surface area contributed by atoms with Gasteiger partial charge in [-0.1, -0.05) is 0 Å². The van der Waals surface area contributed by atoms with Crippen LogP contribution in [0.25, 0.3) is 11.1 Å². The van der Waals surface area contributed by atoms with Gasteiger partial charge in [0.15, 0.2) is 0 Å². The molecule has 21 heavy (non-hydrogen) atoms. The lowest BCUT2D eigenvalue weighted by Crippen LogP contribution is -2.01. The molecule has 6 heteroatoms. The highest BCUT2D eigenvalue weighted by Gasteiger charge is 2.23.